The van der Waals surface area contributed by atoms with E-state index in [9.17, 15) is 9.59 Å². The Hall–Kier alpha value is -1.06. The molecule has 0 saturated heterocycles. The smallest absolute Gasteiger partial charge is 0.303 e. The number of hydrogen-bond donors (Lipinski definition) is 2. The van der Waals surface area contributed by atoms with E-state index in [-0.39, 0.29) is 17.1 Å². The molecule has 0 aromatic carbocycles. The van der Waals surface area contributed by atoms with Crippen LogP contribution in [0.5, 0.6) is 0 Å². The van der Waals surface area contributed by atoms with Gasteiger partial charge in [-0.05, 0) is 64.2 Å². The van der Waals surface area contributed by atoms with E-state index >= 15 is 0 Å². The van der Waals surface area contributed by atoms with E-state index in [0.717, 1.165) is 25.7 Å². The van der Waals surface area contributed by atoms with Gasteiger partial charge in [0.1, 0.15) is 0 Å². The molecule has 220 valence electrons. The van der Waals surface area contributed by atoms with Crippen LogP contribution < -0.4 is 0 Å². The Morgan fingerprint density at radius 3 is 0.946 bits per heavy atom. The maximum atomic E-state index is 10.3. The third kappa shape index (κ3) is 45.3. The normalized spacial score (nSPS) is 10.9. The van der Waals surface area contributed by atoms with Gasteiger partial charge in [-0.2, -0.15) is 0 Å². The molecule has 0 amide bonds. The predicted molar refractivity (Wildman–Crippen MR) is 156 cm³/mol. The molecular formula is C32H60FeO4. The fraction of sp³-hybridized carbons (Fsp3) is 0.812. The summed E-state index contributed by atoms with van der Waals surface area (Å²) in [5, 5.41) is 17.0. The summed E-state index contributed by atoms with van der Waals surface area (Å²) in [5.74, 6) is -1.33. The molecule has 0 aromatic heterocycles. The minimum absolute atomic E-state index is 0. The first-order chi connectivity index (χ1) is 17.5. The molecule has 0 aliphatic carbocycles. The number of rotatable bonds is 26. The van der Waals surface area contributed by atoms with Crippen molar-refractivity contribution in [3.63, 3.8) is 0 Å². The Labute approximate surface area is 240 Å². The van der Waals surface area contributed by atoms with E-state index in [0.29, 0.717) is 12.8 Å². The number of carbonyl (C=O) groups is 2. The molecule has 5 heteroatoms. The first-order valence-corrected chi connectivity index (χ1v) is 15.3. The zero-order valence-corrected chi connectivity index (χ0v) is 25.4. The molecule has 0 heterocycles. The number of allylic oxidation sites excluding steroid dienone is 4. The Morgan fingerprint density at radius 1 is 0.432 bits per heavy atom. The van der Waals surface area contributed by atoms with Gasteiger partial charge in [-0.1, -0.05) is 115 Å². The summed E-state index contributed by atoms with van der Waals surface area (Å²) < 4.78 is 0. The summed E-state index contributed by atoms with van der Waals surface area (Å²) in [6.07, 6.45) is 36.6. The van der Waals surface area contributed by atoms with E-state index in [1.165, 1.54) is 116 Å². The number of hydrogen-bond acceptors (Lipinski definition) is 2. The van der Waals surface area contributed by atoms with Crippen LogP contribution in [-0.2, 0) is 26.7 Å². The zero-order chi connectivity index (χ0) is 27.0. The van der Waals surface area contributed by atoms with Crippen molar-refractivity contribution in [3.05, 3.63) is 24.3 Å². The van der Waals surface area contributed by atoms with Gasteiger partial charge in [0.25, 0.3) is 0 Å². The van der Waals surface area contributed by atoms with Gasteiger partial charge in [-0.15, -0.1) is 0 Å². The molecule has 0 radical (unpaired) electrons. The van der Waals surface area contributed by atoms with Crippen molar-refractivity contribution in [2.75, 3.05) is 0 Å². The summed E-state index contributed by atoms with van der Waals surface area (Å²) in [4.78, 5) is 20.6. The van der Waals surface area contributed by atoms with Crippen molar-refractivity contribution in [1.29, 1.82) is 0 Å². The van der Waals surface area contributed by atoms with E-state index in [1.807, 2.05) is 0 Å². The van der Waals surface area contributed by atoms with Gasteiger partial charge < -0.3 is 10.2 Å². The van der Waals surface area contributed by atoms with Crippen LogP contribution in [-0.4, -0.2) is 22.2 Å². The minimum atomic E-state index is -0.666. The van der Waals surface area contributed by atoms with Gasteiger partial charge in [0.15, 0.2) is 0 Å². The van der Waals surface area contributed by atoms with Gasteiger partial charge >= 0.3 is 11.9 Å². The summed E-state index contributed by atoms with van der Waals surface area (Å²) in [6, 6.07) is 0. The summed E-state index contributed by atoms with van der Waals surface area (Å²) >= 11 is 0. The number of unbranched alkanes of at least 4 members (excludes halogenated alkanes) is 18. The monoisotopic (exact) mass is 564 g/mol. The second kappa shape index (κ2) is 37.1. The summed E-state index contributed by atoms with van der Waals surface area (Å²) in [7, 11) is 0. The quantitative estimate of drug-likeness (QED) is 0.0622. The molecule has 0 rings (SSSR count). The van der Waals surface area contributed by atoms with Gasteiger partial charge in [0.05, 0.1) is 0 Å². The van der Waals surface area contributed by atoms with E-state index in [4.69, 9.17) is 10.2 Å². The Morgan fingerprint density at radius 2 is 0.676 bits per heavy atom. The van der Waals surface area contributed by atoms with Crippen LogP contribution in [0.4, 0.5) is 0 Å². The first kappa shape index (κ1) is 40.4. The minimum Gasteiger partial charge on any atom is -0.481 e. The third-order valence-electron chi connectivity index (χ3n) is 6.30. The van der Waals surface area contributed by atoms with Gasteiger partial charge in [-0.25, -0.2) is 0 Å². The summed E-state index contributed by atoms with van der Waals surface area (Å²) in [6.45, 7) is 4.48. The molecule has 0 atom stereocenters. The molecule has 0 aliphatic rings. The average Bonchev–Trinajstić information content (AvgIpc) is 2.85. The van der Waals surface area contributed by atoms with Crippen LogP contribution in [0.25, 0.3) is 0 Å². The van der Waals surface area contributed by atoms with Crippen molar-refractivity contribution in [3.8, 4) is 0 Å². The topological polar surface area (TPSA) is 74.6 Å². The van der Waals surface area contributed by atoms with Gasteiger partial charge in [0.2, 0.25) is 0 Å². The van der Waals surface area contributed by atoms with Crippen LogP contribution in [0.3, 0.4) is 0 Å². The molecule has 0 aliphatic heterocycles. The van der Waals surface area contributed by atoms with Crippen LogP contribution in [0.1, 0.15) is 168 Å². The van der Waals surface area contributed by atoms with Crippen molar-refractivity contribution in [2.24, 2.45) is 0 Å². The van der Waals surface area contributed by atoms with Crippen molar-refractivity contribution < 1.29 is 36.9 Å². The maximum absolute atomic E-state index is 10.3. The van der Waals surface area contributed by atoms with E-state index in [2.05, 4.69) is 38.2 Å². The van der Waals surface area contributed by atoms with Crippen molar-refractivity contribution in [2.45, 2.75) is 168 Å². The molecule has 0 aromatic rings. The second-order valence-electron chi connectivity index (χ2n) is 10.0. The molecular weight excluding hydrogens is 504 g/mol. The largest absolute Gasteiger partial charge is 0.481 e. The molecule has 0 bridgehead atoms. The van der Waals surface area contributed by atoms with Crippen LogP contribution >= 0.6 is 0 Å². The van der Waals surface area contributed by atoms with Crippen LogP contribution in [0.2, 0.25) is 0 Å². The van der Waals surface area contributed by atoms with Crippen molar-refractivity contribution in [1.82, 2.24) is 0 Å². The second-order valence-corrected chi connectivity index (χ2v) is 10.0. The average molecular weight is 565 g/mol. The number of carboxylic acids is 2. The van der Waals surface area contributed by atoms with Gasteiger partial charge in [-0.3, -0.25) is 9.59 Å². The Balaban J connectivity index is -0.000000608. The Kier molecular flexibility index (Phi) is 40.5. The molecule has 0 saturated carbocycles. The SMILES string of the molecule is CCCCCC/C=C\CCCCCCCC(=O)O.CCCCCC/C=C\CCCCCCCC(=O)O.[Fe]. The van der Waals surface area contributed by atoms with E-state index in [1.54, 1.807) is 0 Å². The summed E-state index contributed by atoms with van der Waals surface area (Å²) in [5.41, 5.74) is 0. The van der Waals surface area contributed by atoms with Crippen LogP contribution in [0, 0.1) is 0 Å². The Bertz CT molecular complexity index is 471. The first-order valence-electron chi connectivity index (χ1n) is 15.3. The molecule has 0 fully saturated rings. The molecule has 2 N–H and O–H groups in total. The van der Waals surface area contributed by atoms with Crippen molar-refractivity contribution >= 4 is 11.9 Å². The third-order valence-corrected chi connectivity index (χ3v) is 6.30. The molecule has 0 spiro atoms. The number of aliphatic carboxylic acids is 2. The van der Waals surface area contributed by atoms with Gasteiger partial charge in [0, 0.05) is 29.9 Å². The fourth-order valence-corrected chi connectivity index (χ4v) is 3.99. The number of carboxylic acid groups (broad SMARTS) is 2. The standard InChI is InChI=1S/2C16H30O2.Fe/c2*1-2-3-4-5-6-7-8-9-10-11-12-13-14-15-16(17)18;/h2*7-8H,2-6,9-15H2,1H3,(H,17,18);/b2*8-7-;. The van der Waals surface area contributed by atoms with Crippen LogP contribution in [0.15, 0.2) is 24.3 Å². The predicted octanol–water partition coefficient (Wildman–Crippen LogP) is 10.7. The molecule has 4 nitrogen and oxygen atoms in total. The maximum Gasteiger partial charge on any atom is 0.303 e. The van der Waals surface area contributed by atoms with E-state index < -0.39 is 11.9 Å². The zero-order valence-electron chi connectivity index (χ0n) is 24.3. The molecule has 37 heavy (non-hydrogen) atoms. The fourth-order valence-electron chi connectivity index (χ4n) is 3.99. The molecule has 0 unspecified atom stereocenters.